The predicted molar refractivity (Wildman–Crippen MR) is 77.6 cm³/mol. The van der Waals surface area contributed by atoms with Crippen molar-refractivity contribution >= 4 is 5.82 Å². The standard InChI is InChI=1S/C15H25N3O/c1-3-13-17-14(16-4-2)10-15(18-13)19-11-12-8-6-5-7-9-12/h10,12H,3-9,11H2,1-2H3,(H,16,17,18). The van der Waals surface area contributed by atoms with E-state index in [1.165, 1.54) is 32.1 Å². The lowest BCUT2D eigenvalue weighted by molar-refractivity contribution is 0.202. The summed E-state index contributed by atoms with van der Waals surface area (Å²) in [7, 11) is 0. The smallest absolute Gasteiger partial charge is 0.218 e. The van der Waals surface area contributed by atoms with Crippen LogP contribution in [0.25, 0.3) is 0 Å². The van der Waals surface area contributed by atoms with Gasteiger partial charge < -0.3 is 10.1 Å². The summed E-state index contributed by atoms with van der Waals surface area (Å²) < 4.78 is 5.88. The fourth-order valence-corrected chi connectivity index (χ4v) is 2.53. The molecule has 0 spiro atoms. The zero-order valence-corrected chi connectivity index (χ0v) is 12.1. The van der Waals surface area contributed by atoms with E-state index in [1.54, 1.807) is 0 Å². The minimum atomic E-state index is 0.705. The lowest BCUT2D eigenvalue weighted by Crippen LogP contribution is -2.16. The first-order valence-corrected chi connectivity index (χ1v) is 7.56. The highest BCUT2D eigenvalue weighted by molar-refractivity contribution is 5.38. The van der Waals surface area contributed by atoms with Crippen molar-refractivity contribution in [3.63, 3.8) is 0 Å². The number of nitrogens with zero attached hydrogens (tertiary/aromatic N) is 2. The second-order valence-electron chi connectivity index (χ2n) is 5.21. The molecule has 0 amide bonds. The van der Waals surface area contributed by atoms with Crippen LogP contribution in [0.15, 0.2) is 6.07 Å². The summed E-state index contributed by atoms with van der Waals surface area (Å²) in [6.07, 6.45) is 7.51. The van der Waals surface area contributed by atoms with E-state index in [-0.39, 0.29) is 0 Å². The van der Waals surface area contributed by atoms with Gasteiger partial charge in [-0.2, -0.15) is 4.98 Å². The minimum Gasteiger partial charge on any atom is -0.477 e. The van der Waals surface area contributed by atoms with Gasteiger partial charge in [0, 0.05) is 19.0 Å². The van der Waals surface area contributed by atoms with Crippen LogP contribution >= 0.6 is 0 Å². The van der Waals surface area contributed by atoms with Gasteiger partial charge in [0.05, 0.1) is 6.61 Å². The molecule has 0 atom stereocenters. The van der Waals surface area contributed by atoms with Crippen molar-refractivity contribution in [2.24, 2.45) is 5.92 Å². The molecule has 1 aliphatic rings. The third-order valence-corrected chi connectivity index (χ3v) is 3.61. The van der Waals surface area contributed by atoms with Gasteiger partial charge in [-0.25, -0.2) is 4.98 Å². The summed E-state index contributed by atoms with van der Waals surface area (Å²) in [5.74, 6) is 3.13. The van der Waals surface area contributed by atoms with Crippen LogP contribution in [0.1, 0.15) is 51.8 Å². The lowest BCUT2D eigenvalue weighted by Gasteiger charge is -2.21. The molecule has 1 aromatic rings. The minimum absolute atomic E-state index is 0.705. The van der Waals surface area contributed by atoms with E-state index in [9.17, 15) is 0 Å². The Hall–Kier alpha value is -1.32. The topological polar surface area (TPSA) is 47.0 Å². The molecule has 0 unspecified atom stereocenters. The monoisotopic (exact) mass is 263 g/mol. The molecule has 0 aromatic carbocycles. The van der Waals surface area contributed by atoms with Crippen LogP contribution in [0.4, 0.5) is 5.82 Å². The largest absolute Gasteiger partial charge is 0.477 e. The highest BCUT2D eigenvalue weighted by Gasteiger charge is 2.14. The van der Waals surface area contributed by atoms with Crippen LogP contribution in [0.5, 0.6) is 5.88 Å². The number of anilines is 1. The van der Waals surface area contributed by atoms with Gasteiger partial charge in [0.1, 0.15) is 11.6 Å². The van der Waals surface area contributed by atoms with E-state index >= 15 is 0 Å². The molecule has 2 rings (SSSR count). The van der Waals surface area contributed by atoms with Crippen LogP contribution in [0, 0.1) is 5.92 Å². The Morgan fingerprint density at radius 1 is 1.21 bits per heavy atom. The van der Waals surface area contributed by atoms with Crippen molar-refractivity contribution in [3.05, 3.63) is 11.9 Å². The second-order valence-corrected chi connectivity index (χ2v) is 5.21. The molecule has 1 heterocycles. The average molecular weight is 263 g/mol. The zero-order chi connectivity index (χ0) is 13.5. The van der Waals surface area contributed by atoms with E-state index < -0.39 is 0 Å². The summed E-state index contributed by atoms with van der Waals surface area (Å²) >= 11 is 0. The van der Waals surface area contributed by atoms with E-state index in [0.717, 1.165) is 31.2 Å². The molecule has 1 saturated carbocycles. The molecule has 1 aromatic heterocycles. The van der Waals surface area contributed by atoms with Crippen molar-refractivity contribution < 1.29 is 4.74 Å². The van der Waals surface area contributed by atoms with Crippen molar-refractivity contribution in [1.29, 1.82) is 0 Å². The summed E-state index contributed by atoms with van der Waals surface area (Å²) in [5, 5.41) is 3.23. The molecule has 0 radical (unpaired) electrons. The molecule has 4 heteroatoms. The first-order chi connectivity index (χ1) is 9.31. The number of rotatable bonds is 6. The van der Waals surface area contributed by atoms with Gasteiger partial charge in [0.15, 0.2) is 0 Å². The number of aromatic nitrogens is 2. The van der Waals surface area contributed by atoms with E-state index in [0.29, 0.717) is 11.8 Å². The molecule has 1 aliphatic carbocycles. The fourth-order valence-electron chi connectivity index (χ4n) is 2.53. The highest BCUT2D eigenvalue weighted by Crippen LogP contribution is 2.24. The van der Waals surface area contributed by atoms with Crippen LogP contribution in [0.3, 0.4) is 0 Å². The molecular weight excluding hydrogens is 238 g/mol. The molecule has 19 heavy (non-hydrogen) atoms. The van der Waals surface area contributed by atoms with Crippen molar-refractivity contribution in [2.75, 3.05) is 18.5 Å². The molecule has 0 aliphatic heterocycles. The Bertz CT molecular complexity index is 389. The zero-order valence-electron chi connectivity index (χ0n) is 12.1. The number of hydrogen-bond acceptors (Lipinski definition) is 4. The third-order valence-electron chi connectivity index (χ3n) is 3.61. The first-order valence-electron chi connectivity index (χ1n) is 7.56. The van der Waals surface area contributed by atoms with Crippen molar-refractivity contribution in [1.82, 2.24) is 9.97 Å². The maximum Gasteiger partial charge on any atom is 0.218 e. The van der Waals surface area contributed by atoms with Crippen LogP contribution in [-0.4, -0.2) is 23.1 Å². The van der Waals surface area contributed by atoms with Gasteiger partial charge in [0.2, 0.25) is 5.88 Å². The van der Waals surface area contributed by atoms with Crippen LogP contribution in [0.2, 0.25) is 0 Å². The summed E-state index contributed by atoms with van der Waals surface area (Å²) in [5.41, 5.74) is 0. The summed E-state index contributed by atoms with van der Waals surface area (Å²) in [4.78, 5) is 8.88. The van der Waals surface area contributed by atoms with E-state index in [1.807, 2.05) is 6.07 Å². The van der Waals surface area contributed by atoms with Gasteiger partial charge in [-0.05, 0) is 25.7 Å². The Kier molecular flexibility index (Phi) is 5.43. The van der Waals surface area contributed by atoms with Gasteiger partial charge >= 0.3 is 0 Å². The molecule has 0 bridgehead atoms. The van der Waals surface area contributed by atoms with Crippen LogP contribution in [-0.2, 0) is 6.42 Å². The number of nitrogens with one attached hydrogen (secondary N) is 1. The number of aryl methyl sites for hydroxylation is 1. The quantitative estimate of drug-likeness (QED) is 0.854. The number of hydrogen-bond donors (Lipinski definition) is 1. The Morgan fingerprint density at radius 3 is 2.68 bits per heavy atom. The average Bonchev–Trinajstić information content (AvgIpc) is 2.46. The molecule has 1 N–H and O–H groups in total. The Labute approximate surface area is 116 Å². The number of ether oxygens (including phenoxy) is 1. The highest BCUT2D eigenvalue weighted by atomic mass is 16.5. The maximum absolute atomic E-state index is 5.88. The first kappa shape index (κ1) is 14.1. The van der Waals surface area contributed by atoms with Gasteiger partial charge in [-0.1, -0.05) is 26.2 Å². The SMILES string of the molecule is CCNc1cc(OCC2CCCCC2)nc(CC)n1. The van der Waals surface area contributed by atoms with Crippen molar-refractivity contribution in [2.45, 2.75) is 52.4 Å². The second kappa shape index (κ2) is 7.31. The summed E-state index contributed by atoms with van der Waals surface area (Å²) in [6, 6.07) is 1.91. The molecule has 106 valence electrons. The molecule has 0 saturated heterocycles. The molecule has 1 fully saturated rings. The fraction of sp³-hybridized carbons (Fsp3) is 0.733. The van der Waals surface area contributed by atoms with E-state index in [2.05, 4.69) is 29.1 Å². The Balaban J connectivity index is 1.95. The maximum atomic E-state index is 5.88. The predicted octanol–water partition coefficient (Wildman–Crippen LogP) is 3.43. The summed E-state index contributed by atoms with van der Waals surface area (Å²) in [6.45, 7) is 5.79. The Morgan fingerprint density at radius 2 is 2.00 bits per heavy atom. The van der Waals surface area contributed by atoms with Crippen molar-refractivity contribution in [3.8, 4) is 5.88 Å². The molecule has 4 nitrogen and oxygen atoms in total. The van der Waals surface area contributed by atoms with Gasteiger partial charge in [-0.15, -0.1) is 0 Å². The van der Waals surface area contributed by atoms with Crippen LogP contribution < -0.4 is 10.1 Å². The van der Waals surface area contributed by atoms with E-state index in [4.69, 9.17) is 4.74 Å². The van der Waals surface area contributed by atoms with Gasteiger partial charge in [-0.3, -0.25) is 0 Å². The normalized spacial score (nSPS) is 16.3. The van der Waals surface area contributed by atoms with Gasteiger partial charge in [0.25, 0.3) is 0 Å². The molecular formula is C15H25N3O. The third kappa shape index (κ3) is 4.37. The lowest BCUT2D eigenvalue weighted by atomic mass is 9.90.